The zero-order valence-corrected chi connectivity index (χ0v) is 11.9. The van der Waals surface area contributed by atoms with Gasteiger partial charge in [0.2, 0.25) is 0 Å². The largest absolute Gasteiger partial charge is 0.322 e. The van der Waals surface area contributed by atoms with E-state index in [0.717, 1.165) is 15.7 Å². The van der Waals surface area contributed by atoms with Crippen molar-refractivity contribution in [3.05, 3.63) is 63.6 Å². The van der Waals surface area contributed by atoms with Gasteiger partial charge in [-0.25, -0.2) is 0 Å². The van der Waals surface area contributed by atoms with Crippen LogP contribution in [0.15, 0.2) is 46.9 Å². The fraction of sp³-hybridized carbons (Fsp3) is 0.0667. The number of benzene rings is 2. The Morgan fingerprint density at radius 1 is 1.21 bits per heavy atom. The molecule has 0 radical (unpaired) electrons. The number of carbonyl (C=O) groups is 1. The number of rotatable bonds is 2. The average Bonchev–Trinajstić information content (AvgIpc) is 2.42. The highest BCUT2D eigenvalue weighted by atomic mass is 79.9. The summed E-state index contributed by atoms with van der Waals surface area (Å²) < 4.78 is 0.973. The van der Waals surface area contributed by atoms with Crippen LogP contribution in [0.4, 0.5) is 5.69 Å². The Kier molecular flexibility index (Phi) is 3.98. The van der Waals surface area contributed by atoms with Crippen molar-refractivity contribution in [1.82, 2.24) is 0 Å². The third-order valence-electron chi connectivity index (χ3n) is 2.71. The second-order valence-corrected chi connectivity index (χ2v) is 5.02. The summed E-state index contributed by atoms with van der Waals surface area (Å²) in [6.45, 7) is 1.93. The van der Waals surface area contributed by atoms with Gasteiger partial charge in [0.15, 0.2) is 0 Å². The quantitative estimate of drug-likeness (QED) is 0.914. The van der Waals surface area contributed by atoms with Gasteiger partial charge in [-0.3, -0.25) is 4.79 Å². The molecule has 4 heteroatoms. The van der Waals surface area contributed by atoms with Gasteiger partial charge in [0.1, 0.15) is 0 Å². The Hall–Kier alpha value is -2.12. The molecule has 0 saturated carbocycles. The van der Waals surface area contributed by atoms with Crippen LogP contribution in [0.2, 0.25) is 0 Å². The van der Waals surface area contributed by atoms with E-state index < -0.39 is 0 Å². The Labute approximate surface area is 120 Å². The van der Waals surface area contributed by atoms with Crippen molar-refractivity contribution in [3.63, 3.8) is 0 Å². The van der Waals surface area contributed by atoms with E-state index >= 15 is 0 Å². The molecular formula is C15H11BrN2O. The lowest BCUT2D eigenvalue weighted by Gasteiger charge is -2.08. The minimum atomic E-state index is -0.185. The van der Waals surface area contributed by atoms with Gasteiger partial charge in [-0.05, 0) is 55.0 Å². The molecule has 0 spiro atoms. The molecule has 0 aliphatic carbocycles. The normalized spacial score (nSPS) is 9.74. The van der Waals surface area contributed by atoms with E-state index in [2.05, 4.69) is 21.2 Å². The van der Waals surface area contributed by atoms with Crippen molar-refractivity contribution < 1.29 is 4.79 Å². The summed E-state index contributed by atoms with van der Waals surface area (Å²) in [7, 11) is 0. The number of aryl methyl sites for hydroxylation is 1. The first-order valence-electron chi connectivity index (χ1n) is 5.68. The maximum Gasteiger partial charge on any atom is 0.255 e. The topological polar surface area (TPSA) is 52.9 Å². The first-order valence-corrected chi connectivity index (χ1v) is 6.47. The maximum atomic E-state index is 12.0. The lowest BCUT2D eigenvalue weighted by molar-refractivity contribution is 0.102. The molecule has 2 rings (SSSR count). The fourth-order valence-electron chi connectivity index (χ4n) is 1.66. The Morgan fingerprint density at radius 2 is 1.89 bits per heavy atom. The molecule has 2 aromatic rings. The number of halogens is 1. The number of carbonyl (C=O) groups excluding carboxylic acids is 1. The smallest absolute Gasteiger partial charge is 0.255 e. The van der Waals surface area contributed by atoms with Gasteiger partial charge in [0, 0.05) is 15.7 Å². The van der Waals surface area contributed by atoms with Crippen LogP contribution >= 0.6 is 15.9 Å². The molecule has 0 saturated heterocycles. The van der Waals surface area contributed by atoms with Gasteiger partial charge in [-0.15, -0.1) is 0 Å². The van der Waals surface area contributed by atoms with Crippen molar-refractivity contribution in [1.29, 1.82) is 5.26 Å². The summed E-state index contributed by atoms with van der Waals surface area (Å²) in [6, 6.07) is 14.2. The standard InChI is InChI=1S/C15H11BrN2O/c1-10-8-13(16)6-7-14(10)18-15(19)12-4-2-11(9-17)3-5-12/h2-8H,1H3,(H,18,19). The lowest BCUT2D eigenvalue weighted by Crippen LogP contribution is -2.12. The maximum absolute atomic E-state index is 12.0. The van der Waals surface area contributed by atoms with Crippen molar-refractivity contribution in [2.75, 3.05) is 5.32 Å². The molecule has 0 aliphatic heterocycles. The van der Waals surface area contributed by atoms with E-state index in [4.69, 9.17) is 5.26 Å². The van der Waals surface area contributed by atoms with E-state index in [0.29, 0.717) is 11.1 Å². The van der Waals surface area contributed by atoms with Gasteiger partial charge >= 0.3 is 0 Å². The molecule has 0 aromatic heterocycles. The molecule has 1 N–H and O–H groups in total. The molecule has 94 valence electrons. The van der Waals surface area contributed by atoms with Crippen LogP contribution in [0.5, 0.6) is 0 Å². The molecular weight excluding hydrogens is 304 g/mol. The molecule has 2 aromatic carbocycles. The van der Waals surface area contributed by atoms with Crippen LogP contribution in [0.25, 0.3) is 0 Å². The highest BCUT2D eigenvalue weighted by Crippen LogP contribution is 2.20. The third-order valence-corrected chi connectivity index (χ3v) is 3.21. The Morgan fingerprint density at radius 3 is 2.47 bits per heavy atom. The Balaban J connectivity index is 2.18. The average molecular weight is 315 g/mol. The highest BCUT2D eigenvalue weighted by molar-refractivity contribution is 9.10. The van der Waals surface area contributed by atoms with Crippen LogP contribution in [0.1, 0.15) is 21.5 Å². The summed E-state index contributed by atoms with van der Waals surface area (Å²) in [6.07, 6.45) is 0. The number of nitrogens with one attached hydrogen (secondary N) is 1. The summed E-state index contributed by atoms with van der Waals surface area (Å²) in [5, 5.41) is 11.6. The number of amides is 1. The van der Waals surface area contributed by atoms with Crippen LogP contribution in [0.3, 0.4) is 0 Å². The molecule has 0 bridgehead atoms. The molecule has 0 atom stereocenters. The van der Waals surface area contributed by atoms with Crippen molar-refractivity contribution in [3.8, 4) is 6.07 Å². The van der Waals surface area contributed by atoms with E-state index in [1.54, 1.807) is 24.3 Å². The summed E-state index contributed by atoms with van der Waals surface area (Å²) in [4.78, 5) is 12.0. The predicted octanol–water partition coefficient (Wildman–Crippen LogP) is 3.88. The molecule has 0 heterocycles. The first kappa shape index (κ1) is 13.3. The number of nitriles is 1. The van der Waals surface area contributed by atoms with Crippen LogP contribution < -0.4 is 5.32 Å². The van der Waals surface area contributed by atoms with E-state index in [9.17, 15) is 4.79 Å². The summed E-state index contributed by atoms with van der Waals surface area (Å²) >= 11 is 3.38. The van der Waals surface area contributed by atoms with Gasteiger partial charge in [-0.1, -0.05) is 15.9 Å². The number of hydrogen-bond donors (Lipinski definition) is 1. The molecule has 0 aliphatic rings. The summed E-state index contributed by atoms with van der Waals surface area (Å²) in [5.41, 5.74) is 2.83. The highest BCUT2D eigenvalue weighted by Gasteiger charge is 2.07. The minimum Gasteiger partial charge on any atom is -0.322 e. The van der Waals surface area contributed by atoms with Crippen molar-refractivity contribution in [2.45, 2.75) is 6.92 Å². The SMILES string of the molecule is Cc1cc(Br)ccc1NC(=O)c1ccc(C#N)cc1. The minimum absolute atomic E-state index is 0.185. The van der Waals surface area contributed by atoms with Crippen LogP contribution in [-0.4, -0.2) is 5.91 Å². The number of nitrogens with zero attached hydrogens (tertiary/aromatic N) is 1. The van der Waals surface area contributed by atoms with Crippen LogP contribution in [0, 0.1) is 18.3 Å². The lowest BCUT2D eigenvalue weighted by atomic mass is 10.1. The Bertz CT molecular complexity index is 657. The van der Waals surface area contributed by atoms with Crippen molar-refractivity contribution >= 4 is 27.5 Å². The number of anilines is 1. The summed E-state index contributed by atoms with van der Waals surface area (Å²) in [5.74, 6) is -0.185. The first-order chi connectivity index (χ1) is 9.10. The predicted molar refractivity (Wildman–Crippen MR) is 78.0 cm³/mol. The molecule has 0 unspecified atom stereocenters. The molecule has 0 fully saturated rings. The van der Waals surface area contributed by atoms with Gasteiger partial charge in [0.05, 0.1) is 11.6 Å². The molecule has 3 nitrogen and oxygen atoms in total. The third kappa shape index (κ3) is 3.21. The van der Waals surface area contributed by atoms with Gasteiger partial charge in [-0.2, -0.15) is 5.26 Å². The number of hydrogen-bond acceptors (Lipinski definition) is 2. The van der Waals surface area contributed by atoms with Gasteiger partial charge < -0.3 is 5.32 Å². The van der Waals surface area contributed by atoms with E-state index in [1.807, 2.05) is 31.2 Å². The van der Waals surface area contributed by atoms with Gasteiger partial charge in [0.25, 0.3) is 5.91 Å². The zero-order chi connectivity index (χ0) is 13.8. The molecule has 19 heavy (non-hydrogen) atoms. The molecule has 1 amide bonds. The monoisotopic (exact) mass is 314 g/mol. The second-order valence-electron chi connectivity index (χ2n) is 4.10. The second kappa shape index (κ2) is 5.68. The fourth-order valence-corrected chi connectivity index (χ4v) is 2.13. The van der Waals surface area contributed by atoms with E-state index in [1.165, 1.54) is 0 Å². The van der Waals surface area contributed by atoms with Crippen molar-refractivity contribution in [2.24, 2.45) is 0 Å². The van der Waals surface area contributed by atoms with Crippen LogP contribution in [-0.2, 0) is 0 Å². The van der Waals surface area contributed by atoms with E-state index in [-0.39, 0.29) is 5.91 Å². The zero-order valence-electron chi connectivity index (χ0n) is 10.3.